The Morgan fingerprint density at radius 1 is 1.10 bits per heavy atom. The Hall–Kier alpha value is -2.86. The van der Waals surface area contributed by atoms with Gasteiger partial charge in [-0.05, 0) is 49.3 Å². The van der Waals surface area contributed by atoms with E-state index in [4.69, 9.17) is 18.9 Å². The van der Waals surface area contributed by atoms with Gasteiger partial charge in [0.1, 0.15) is 6.10 Å². The molecule has 1 saturated carbocycles. The second-order valence-corrected chi connectivity index (χ2v) is 13.2. The molecule has 0 spiro atoms. The zero-order valence-electron chi connectivity index (χ0n) is 23.6. The largest absolute Gasteiger partial charge is 0.454 e. The van der Waals surface area contributed by atoms with Gasteiger partial charge in [0.2, 0.25) is 16.8 Å². The normalized spacial score (nSPS) is 23.7. The van der Waals surface area contributed by atoms with Crippen LogP contribution in [0.15, 0.2) is 53.4 Å². The Morgan fingerprint density at radius 3 is 2.66 bits per heavy atom. The van der Waals surface area contributed by atoms with E-state index in [0.717, 1.165) is 31.2 Å². The summed E-state index contributed by atoms with van der Waals surface area (Å²) in [5.74, 6) is 1.08. The van der Waals surface area contributed by atoms with Crippen molar-refractivity contribution in [2.45, 2.75) is 75.2 Å². The number of nitrogens with one attached hydrogen (secondary N) is 1. The summed E-state index contributed by atoms with van der Waals surface area (Å²) in [6.07, 6.45) is 1.61. The monoisotopic (exact) mass is 588 g/mol. The first-order valence-corrected chi connectivity index (χ1v) is 15.9. The lowest BCUT2D eigenvalue weighted by Crippen LogP contribution is -2.51. The van der Waals surface area contributed by atoms with Crippen molar-refractivity contribution in [3.05, 3.63) is 54.1 Å². The zero-order valence-corrected chi connectivity index (χ0v) is 24.4. The first-order valence-electron chi connectivity index (χ1n) is 14.4. The predicted molar refractivity (Wildman–Crippen MR) is 151 cm³/mol. The summed E-state index contributed by atoms with van der Waals surface area (Å²) in [5.41, 5.74) is 0.897. The molecule has 0 unspecified atom stereocenters. The molecule has 1 aliphatic carbocycles. The van der Waals surface area contributed by atoms with Crippen molar-refractivity contribution in [1.82, 2.24) is 9.62 Å². The molecule has 41 heavy (non-hydrogen) atoms. The van der Waals surface area contributed by atoms with Crippen molar-refractivity contribution in [2.75, 3.05) is 26.5 Å². The van der Waals surface area contributed by atoms with Crippen LogP contribution in [0.2, 0.25) is 0 Å². The number of benzene rings is 2. The Kier molecular flexibility index (Phi) is 9.38. The SMILES string of the molecule is CC[C@H](C)CN(C[C@@H](O)[C@H](Cc1ccccc1)NC(=O)O[C@H]1CC[C@H]2OCC[C@@H]12)S(=O)(=O)c1ccc2c(c1)OCO2. The molecule has 0 aromatic heterocycles. The minimum absolute atomic E-state index is 0.0341. The standard InChI is InChI=1S/C30H40N2O8S/c1-3-20(2)17-32(41(35,36)22-9-10-28-29(16-22)39-19-38-28)18-25(33)24(15-21-7-5-4-6-8-21)31-30(34)40-27-12-11-26-23(27)13-14-37-26/h4-10,16,20,23-27,33H,3,11-15,17-19H2,1-2H3,(H,31,34)/t20-,23+,24-,25+,26+,27-/m0/s1. The molecule has 2 aromatic carbocycles. The minimum atomic E-state index is -4.01. The summed E-state index contributed by atoms with van der Waals surface area (Å²) in [6.45, 7) is 4.67. The van der Waals surface area contributed by atoms with Gasteiger partial charge in [0.15, 0.2) is 11.5 Å². The van der Waals surface area contributed by atoms with Crippen LogP contribution < -0.4 is 14.8 Å². The van der Waals surface area contributed by atoms with Crippen molar-refractivity contribution in [2.24, 2.45) is 11.8 Å². The molecule has 1 saturated heterocycles. The van der Waals surface area contributed by atoms with E-state index in [2.05, 4.69) is 5.32 Å². The molecule has 3 aliphatic rings. The average molecular weight is 589 g/mol. The van der Waals surface area contributed by atoms with E-state index in [-0.39, 0.29) is 48.8 Å². The summed E-state index contributed by atoms with van der Waals surface area (Å²) >= 11 is 0. The highest BCUT2D eigenvalue weighted by Crippen LogP contribution is 2.38. The van der Waals surface area contributed by atoms with Gasteiger partial charge in [-0.2, -0.15) is 4.31 Å². The van der Waals surface area contributed by atoms with Crippen molar-refractivity contribution >= 4 is 16.1 Å². The molecular weight excluding hydrogens is 548 g/mol. The van der Waals surface area contributed by atoms with E-state index < -0.39 is 28.3 Å². The van der Waals surface area contributed by atoms with Gasteiger partial charge in [-0.1, -0.05) is 50.6 Å². The zero-order chi connectivity index (χ0) is 29.0. The Labute approximate surface area is 242 Å². The number of hydrogen-bond acceptors (Lipinski definition) is 8. The number of aliphatic hydroxyl groups is 1. The van der Waals surface area contributed by atoms with Crippen LogP contribution >= 0.6 is 0 Å². The van der Waals surface area contributed by atoms with Gasteiger partial charge in [0.25, 0.3) is 0 Å². The maximum absolute atomic E-state index is 13.9. The van der Waals surface area contributed by atoms with Crippen LogP contribution in [0, 0.1) is 11.8 Å². The van der Waals surface area contributed by atoms with E-state index in [1.54, 1.807) is 6.07 Å². The number of carbonyl (C=O) groups is 1. The fourth-order valence-electron chi connectivity index (χ4n) is 5.82. The van der Waals surface area contributed by atoms with E-state index >= 15 is 0 Å². The van der Waals surface area contributed by atoms with E-state index in [1.807, 2.05) is 44.2 Å². The molecule has 2 heterocycles. The third-order valence-corrected chi connectivity index (χ3v) is 10.2. The number of fused-ring (bicyclic) bond motifs is 2. The molecule has 10 nitrogen and oxygen atoms in total. The molecule has 2 aromatic rings. The van der Waals surface area contributed by atoms with Crippen LogP contribution in [-0.2, 0) is 25.9 Å². The molecule has 224 valence electrons. The number of sulfonamides is 1. The third-order valence-electron chi connectivity index (χ3n) is 8.38. The number of hydrogen-bond donors (Lipinski definition) is 2. The Morgan fingerprint density at radius 2 is 1.88 bits per heavy atom. The Bertz CT molecular complexity index is 1290. The van der Waals surface area contributed by atoms with Gasteiger partial charge < -0.3 is 29.4 Å². The first-order chi connectivity index (χ1) is 19.7. The van der Waals surface area contributed by atoms with Gasteiger partial charge in [-0.15, -0.1) is 0 Å². The van der Waals surface area contributed by atoms with Crippen molar-refractivity contribution < 1.29 is 37.3 Å². The molecule has 0 radical (unpaired) electrons. The quantitative estimate of drug-likeness (QED) is 0.385. The van der Waals surface area contributed by atoms with Crippen LogP contribution in [0.1, 0.15) is 45.1 Å². The summed E-state index contributed by atoms with van der Waals surface area (Å²) in [7, 11) is -4.01. The van der Waals surface area contributed by atoms with Crippen LogP contribution in [0.5, 0.6) is 11.5 Å². The molecular formula is C30H40N2O8S. The van der Waals surface area contributed by atoms with Crippen LogP contribution in [0.4, 0.5) is 4.79 Å². The van der Waals surface area contributed by atoms with Crippen LogP contribution in [0.3, 0.4) is 0 Å². The lowest BCUT2D eigenvalue weighted by Gasteiger charge is -2.31. The molecule has 6 atom stereocenters. The van der Waals surface area contributed by atoms with Gasteiger partial charge in [0, 0.05) is 31.7 Å². The molecule has 2 aliphatic heterocycles. The molecule has 2 N–H and O–H groups in total. The minimum Gasteiger partial charge on any atom is -0.454 e. The van der Waals surface area contributed by atoms with Gasteiger partial charge >= 0.3 is 6.09 Å². The van der Waals surface area contributed by atoms with Crippen molar-refractivity contribution in [3.63, 3.8) is 0 Å². The highest BCUT2D eigenvalue weighted by molar-refractivity contribution is 7.89. The van der Waals surface area contributed by atoms with E-state index in [0.29, 0.717) is 24.5 Å². The van der Waals surface area contributed by atoms with Crippen molar-refractivity contribution in [3.8, 4) is 11.5 Å². The van der Waals surface area contributed by atoms with Crippen molar-refractivity contribution in [1.29, 1.82) is 0 Å². The smallest absolute Gasteiger partial charge is 0.407 e. The second kappa shape index (κ2) is 13.0. The molecule has 1 amide bonds. The Balaban J connectivity index is 1.34. The van der Waals surface area contributed by atoms with Gasteiger partial charge in [0.05, 0.1) is 23.1 Å². The maximum Gasteiger partial charge on any atom is 0.407 e. The lowest BCUT2D eigenvalue weighted by molar-refractivity contribution is 0.0496. The fourth-order valence-corrected chi connectivity index (χ4v) is 7.41. The number of aliphatic hydroxyl groups excluding tert-OH is 1. The van der Waals surface area contributed by atoms with Crippen LogP contribution in [0.25, 0.3) is 0 Å². The molecule has 5 rings (SSSR count). The number of alkyl carbamates (subject to hydrolysis) is 1. The summed E-state index contributed by atoms with van der Waals surface area (Å²) < 4.78 is 51.3. The van der Waals surface area contributed by atoms with E-state index in [1.165, 1.54) is 16.4 Å². The summed E-state index contributed by atoms with van der Waals surface area (Å²) in [4.78, 5) is 13.1. The lowest BCUT2D eigenvalue weighted by atomic mass is 10.0. The topological polar surface area (TPSA) is 124 Å². The molecule has 2 fully saturated rings. The number of rotatable bonds is 12. The molecule has 11 heteroatoms. The number of carbonyl (C=O) groups excluding carboxylic acids is 1. The highest BCUT2D eigenvalue weighted by atomic mass is 32.2. The second-order valence-electron chi connectivity index (χ2n) is 11.2. The van der Waals surface area contributed by atoms with E-state index in [9.17, 15) is 18.3 Å². The number of amides is 1. The third kappa shape index (κ3) is 6.97. The summed E-state index contributed by atoms with van der Waals surface area (Å²) in [5, 5.41) is 14.4. The predicted octanol–water partition coefficient (Wildman–Crippen LogP) is 3.72. The first kappa shape index (κ1) is 29.6. The molecule has 0 bridgehead atoms. The van der Waals surface area contributed by atoms with Gasteiger partial charge in [-0.25, -0.2) is 13.2 Å². The fraction of sp³-hybridized carbons (Fsp3) is 0.567. The van der Waals surface area contributed by atoms with Gasteiger partial charge in [-0.3, -0.25) is 0 Å². The maximum atomic E-state index is 13.9. The summed E-state index contributed by atoms with van der Waals surface area (Å²) in [6, 6.07) is 13.2. The number of ether oxygens (including phenoxy) is 4. The van der Waals surface area contributed by atoms with Crippen LogP contribution in [-0.4, -0.2) is 74.8 Å². The number of nitrogens with zero attached hydrogens (tertiary/aromatic N) is 1. The highest BCUT2D eigenvalue weighted by Gasteiger charge is 2.43. The average Bonchev–Trinajstić information content (AvgIpc) is 3.71.